The fourth-order valence-corrected chi connectivity index (χ4v) is 1.68. The third-order valence-corrected chi connectivity index (χ3v) is 2.63. The lowest BCUT2D eigenvalue weighted by Crippen LogP contribution is -2.03. The van der Waals surface area contributed by atoms with Crippen molar-refractivity contribution in [2.75, 3.05) is 6.61 Å². The van der Waals surface area contributed by atoms with E-state index in [1.165, 1.54) is 6.07 Å². The molecule has 0 amide bonds. The molecule has 0 unspecified atom stereocenters. The number of nitrogens with two attached hydrogens (primary N) is 1. The van der Waals surface area contributed by atoms with Crippen LogP contribution in [0.15, 0.2) is 36.5 Å². The normalized spacial score (nSPS) is 10.3. The molecule has 0 aliphatic heterocycles. The molecule has 0 aliphatic rings. The van der Waals surface area contributed by atoms with Gasteiger partial charge in [-0.3, -0.25) is 0 Å². The van der Waals surface area contributed by atoms with Crippen LogP contribution in [0.4, 0.5) is 4.39 Å². The summed E-state index contributed by atoms with van der Waals surface area (Å²) in [6.45, 7) is 2.77. The maximum Gasteiger partial charge on any atom is 0.224 e. The molecular weight excluding hydrogens is 259 g/mol. The molecular formula is C15H17FN2O2. The van der Waals surface area contributed by atoms with E-state index in [0.717, 1.165) is 12.6 Å². The van der Waals surface area contributed by atoms with Crippen molar-refractivity contribution >= 4 is 0 Å². The summed E-state index contributed by atoms with van der Waals surface area (Å²) in [5, 5.41) is 0. The van der Waals surface area contributed by atoms with Crippen molar-refractivity contribution in [3.05, 3.63) is 47.9 Å². The molecule has 0 fully saturated rings. The minimum absolute atomic E-state index is 0.151. The zero-order valence-electron chi connectivity index (χ0n) is 11.3. The Balaban J connectivity index is 2.25. The third kappa shape index (κ3) is 3.45. The molecule has 2 rings (SSSR count). The highest BCUT2D eigenvalue weighted by Gasteiger charge is 2.10. The predicted octanol–water partition coefficient (Wildman–Crippen LogP) is 3.26. The minimum atomic E-state index is -0.437. The molecule has 4 nitrogen and oxygen atoms in total. The fraction of sp³-hybridized carbons (Fsp3) is 0.267. The van der Waals surface area contributed by atoms with E-state index >= 15 is 0 Å². The van der Waals surface area contributed by atoms with E-state index in [0.29, 0.717) is 29.5 Å². The standard InChI is InChI=1S/C15H17FN2O2/c1-2-7-19-13-5-3-4-6-14(13)20-15-11(9-17)8-12(16)10-18-15/h3-6,8,10H,2,7,9,17H2,1H3. The van der Waals surface area contributed by atoms with Gasteiger partial charge in [-0.2, -0.15) is 0 Å². The van der Waals surface area contributed by atoms with Crippen LogP contribution < -0.4 is 15.2 Å². The molecule has 2 N–H and O–H groups in total. The van der Waals surface area contributed by atoms with Crippen LogP contribution in [0.3, 0.4) is 0 Å². The van der Waals surface area contributed by atoms with Gasteiger partial charge in [-0.15, -0.1) is 0 Å². The Labute approximate surface area is 117 Å². The molecule has 0 bridgehead atoms. The van der Waals surface area contributed by atoms with Crippen molar-refractivity contribution in [1.29, 1.82) is 0 Å². The van der Waals surface area contributed by atoms with Gasteiger partial charge in [0.1, 0.15) is 5.82 Å². The van der Waals surface area contributed by atoms with Gasteiger partial charge in [0.15, 0.2) is 11.5 Å². The number of benzene rings is 1. The maximum atomic E-state index is 13.1. The summed E-state index contributed by atoms with van der Waals surface area (Å²) in [5.74, 6) is 1.02. The van der Waals surface area contributed by atoms with Crippen molar-refractivity contribution in [3.8, 4) is 17.4 Å². The molecule has 0 atom stereocenters. The Morgan fingerprint density at radius 1 is 1.25 bits per heavy atom. The summed E-state index contributed by atoms with van der Waals surface area (Å²) in [6.07, 6.45) is 2.00. The van der Waals surface area contributed by atoms with E-state index in [4.69, 9.17) is 15.2 Å². The second kappa shape index (κ2) is 6.86. The largest absolute Gasteiger partial charge is 0.490 e. The first-order chi connectivity index (χ1) is 9.74. The van der Waals surface area contributed by atoms with Gasteiger partial charge in [-0.1, -0.05) is 19.1 Å². The summed E-state index contributed by atoms with van der Waals surface area (Å²) >= 11 is 0. The smallest absolute Gasteiger partial charge is 0.224 e. The van der Waals surface area contributed by atoms with Gasteiger partial charge in [-0.05, 0) is 24.6 Å². The van der Waals surface area contributed by atoms with Crippen LogP contribution in [0.5, 0.6) is 17.4 Å². The highest BCUT2D eigenvalue weighted by atomic mass is 19.1. The number of rotatable bonds is 6. The van der Waals surface area contributed by atoms with Gasteiger partial charge >= 0.3 is 0 Å². The molecule has 0 saturated heterocycles. The zero-order valence-corrected chi connectivity index (χ0v) is 11.3. The first-order valence-electron chi connectivity index (χ1n) is 6.48. The average Bonchev–Trinajstić information content (AvgIpc) is 2.48. The van der Waals surface area contributed by atoms with Crippen LogP contribution in [0.2, 0.25) is 0 Å². The average molecular weight is 276 g/mol. The lowest BCUT2D eigenvalue weighted by molar-refractivity contribution is 0.300. The van der Waals surface area contributed by atoms with Crippen LogP contribution in [0.1, 0.15) is 18.9 Å². The molecule has 0 saturated carbocycles. The molecule has 0 radical (unpaired) electrons. The second-order valence-corrected chi connectivity index (χ2v) is 4.22. The number of hydrogen-bond acceptors (Lipinski definition) is 4. The van der Waals surface area contributed by atoms with E-state index in [1.54, 1.807) is 6.07 Å². The number of nitrogens with zero attached hydrogens (tertiary/aromatic N) is 1. The number of para-hydroxylation sites is 2. The van der Waals surface area contributed by atoms with Crippen LogP contribution in [0, 0.1) is 5.82 Å². The van der Waals surface area contributed by atoms with E-state index in [-0.39, 0.29) is 6.54 Å². The fourth-order valence-electron chi connectivity index (χ4n) is 1.68. The molecule has 0 spiro atoms. The minimum Gasteiger partial charge on any atom is -0.490 e. The van der Waals surface area contributed by atoms with Crippen LogP contribution >= 0.6 is 0 Å². The van der Waals surface area contributed by atoms with E-state index in [2.05, 4.69) is 4.98 Å². The molecule has 2 aromatic rings. The van der Waals surface area contributed by atoms with Gasteiger partial charge in [0.05, 0.1) is 12.8 Å². The Kier molecular flexibility index (Phi) is 4.90. The topological polar surface area (TPSA) is 57.4 Å². The van der Waals surface area contributed by atoms with Crippen molar-refractivity contribution in [2.24, 2.45) is 5.73 Å². The number of pyridine rings is 1. The highest BCUT2D eigenvalue weighted by Crippen LogP contribution is 2.32. The highest BCUT2D eigenvalue weighted by molar-refractivity contribution is 5.42. The Bertz CT molecular complexity index is 576. The van der Waals surface area contributed by atoms with Crippen LogP contribution in [0.25, 0.3) is 0 Å². The van der Waals surface area contributed by atoms with Gasteiger partial charge in [0, 0.05) is 12.1 Å². The summed E-state index contributed by atoms with van der Waals surface area (Å²) in [5.41, 5.74) is 6.08. The zero-order chi connectivity index (χ0) is 14.4. The number of aromatic nitrogens is 1. The monoisotopic (exact) mass is 276 g/mol. The first kappa shape index (κ1) is 14.3. The Morgan fingerprint density at radius 2 is 2.00 bits per heavy atom. The lowest BCUT2D eigenvalue weighted by atomic mass is 10.2. The summed E-state index contributed by atoms with van der Waals surface area (Å²) in [7, 11) is 0. The van der Waals surface area contributed by atoms with Crippen molar-refractivity contribution in [3.63, 3.8) is 0 Å². The lowest BCUT2D eigenvalue weighted by Gasteiger charge is -2.13. The SMILES string of the molecule is CCCOc1ccccc1Oc1ncc(F)cc1CN. The van der Waals surface area contributed by atoms with Gasteiger partial charge < -0.3 is 15.2 Å². The second-order valence-electron chi connectivity index (χ2n) is 4.22. The van der Waals surface area contributed by atoms with Gasteiger partial charge in [0.25, 0.3) is 0 Å². The maximum absolute atomic E-state index is 13.1. The quantitative estimate of drug-likeness (QED) is 0.879. The molecule has 20 heavy (non-hydrogen) atoms. The Morgan fingerprint density at radius 3 is 2.70 bits per heavy atom. The predicted molar refractivity (Wildman–Crippen MR) is 74.4 cm³/mol. The van der Waals surface area contributed by atoms with Gasteiger partial charge in [0.2, 0.25) is 5.88 Å². The van der Waals surface area contributed by atoms with Crippen molar-refractivity contribution in [2.45, 2.75) is 19.9 Å². The van der Waals surface area contributed by atoms with Gasteiger partial charge in [-0.25, -0.2) is 9.37 Å². The summed E-state index contributed by atoms with van der Waals surface area (Å²) in [4.78, 5) is 3.93. The van der Waals surface area contributed by atoms with Crippen LogP contribution in [-0.4, -0.2) is 11.6 Å². The molecule has 1 aromatic carbocycles. The van der Waals surface area contributed by atoms with E-state index < -0.39 is 5.82 Å². The molecule has 0 aliphatic carbocycles. The molecule has 5 heteroatoms. The third-order valence-electron chi connectivity index (χ3n) is 2.63. The Hall–Kier alpha value is -2.14. The molecule has 1 heterocycles. The number of ether oxygens (including phenoxy) is 2. The first-order valence-corrected chi connectivity index (χ1v) is 6.48. The summed E-state index contributed by atoms with van der Waals surface area (Å²) in [6, 6.07) is 8.60. The number of halogens is 1. The molecule has 106 valence electrons. The van der Waals surface area contributed by atoms with Crippen LogP contribution in [-0.2, 0) is 6.54 Å². The number of hydrogen-bond donors (Lipinski definition) is 1. The van der Waals surface area contributed by atoms with E-state index in [1.807, 2.05) is 25.1 Å². The molecule has 1 aromatic heterocycles. The van der Waals surface area contributed by atoms with E-state index in [9.17, 15) is 4.39 Å². The van der Waals surface area contributed by atoms with Crippen molar-refractivity contribution in [1.82, 2.24) is 4.98 Å². The van der Waals surface area contributed by atoms with Crippen molar-refractivity contribution < 1.29 is 13.9 Å². The summed E-state index contributed by atoms with van der Waals surface area (Å²) < 4.78 is 24.4.